The van der Waals surface area contributed by atoms with Gasteiger partial charge in [-0.2, -0.15) is 0 Å². The van der Waals surface area contributed by atoms with Crippen molar-refractivity contribution in [3.63, 3.8) is 0 Å². The fourth-order valence-corrected chi connectivity index (χ4v) is 5.54. The molecule has 2 aliphatic heterocycles. The molecular weight excluding hydrogens is 498 g/mol. The molecule has 38 heavy (non-hydrogen) atoms. The lowest BCUT2D eigenvalue weighted by Crippen LogP contribution is -2.50. The lowest BCUT2D eigenvalue weighted by atomic mass is 9.96. The molecule has 9 nitrogen and oxygen atoms in total. The van der Waals surface area contributed by atoms with Crippen LogP contribution in [0.25, 0.3) is 0 Å². The molecule has 2 N–H and O–H groups in total. The van der Waals surface area contributed by atoms with Crippen LogP contribution >= 0.6 is 11.9 Å². The van der Waals surface area contributed by atoms with Crippen molar-refractivity contribution < 1.29 is 9.53 Å². The van der Waals surface area contributed by atoms with E-state index in [0.717, 1.165) is 49.6 Å². The van der Waals surface area contributed by atoms with Crippen molar-refractivity contribution >= 4 is 35.3 Å². The van der Waals surface area contributed by atoms with E-state index >= 15 is 0 Å². The quantitative estimate of drug-likeness (QED) is 0.383. The second-order valence-electron chi connectivity index (χ2n) is 10.2. The van der Waals surface area contributed by atoms with Crippen LogP contribution in [-0.4, -0.2) is 61.6 Å². The predicted molar refractivity (Wildman–Crippen MR) is 152 cm³/mol. The van der Waals surface area contributed by atoms with E-state index in [2.05, 4.69) is 31.8 Å². The van der Waals surface area contributed by atoms with Gasteiger partial charge in [0.1, 0.15) is 11.6 Å². The van der Waals surface area contributed by atoms with Crippen LogP contribution in [0.4, 0.5) is 17.5 Å². The van der Waals surface area contributed by atoms with E-state index in [1.165, 1.54) is 17.5 Å². The number of aromatic nitrogens is 3. The summed E-state index contributed by atoms with van der Waals surface area (Å²) in [4.78, 5) is 31.4. The molecule has 1 amide bonds. The number of fused-ring (bicyclic) bond motifs is 1. The number of hydrogen-bond acceptors (Lipinski definition) is 9. The maximum Gasteiger partial charge on any atom is 0.254 e. The zero-order valence-corrected chi connectivity index (χ0v) is 23.2. The van der Waals surface area contributed by atoms with Gasteiger partial charge >= 0.3 is 0 Å². The summed E-state index contributed by atoms with van der Waals surface area (Å²) < 4.78 is 8.90. The topological polar surface area (TPSA) is 95.5 Å². The molecule has 1 fully saturated rings. The first-order valence-electron chi connectivity index (χ1n) is 13.1. The number of hydrogen-bond donors (Lipinski definition) is 2. The number of anilines is 3. The second-order valence-corrected chi connectivity index (χ2v) is 10.8. The molecule has 0 unspecified atom stereocenters. The van der Waals surface area contributed by atoms with Crippen LogP contribution in [0.1, 0.15) is 55.2 Å². The number of piperidine rings is 1. The standard InChI is InChI=1S/C28H35N7O2S/c1-18(2)37-24-7-5-6-22(14-24)31-28-30-15-21-16-34(17-25(21)32-28)23-9-11-35(19(3)12-23)27(36)20-8-10-29-26(13-20)33-38-4/h5-8,10,13-15,18-19,23H,9,11-12,16-17H2,1-4H3,(H,29,33)(H,30,31,32)/t19-,23+/m1/s1. The number of amides is 1. The maximum atomic E-state index is 13.3. The van der Waals surface area contributed by atoms with Crippen molar-refractivity contribution in [2.45, 2.75) is 64.9 Å². The number of nitrogens with one attached hydrogen (secondary N) is 2. The number of nitrogens with zero attached hydrogens (tertiary/aromatic N) is 5. The molecule has 0 spiro atoms. The van der Waals surface area contributed by atoms with E-state index in [1.807, 2.05) is 61.5 Å². The molecule has 2 aliphatic rings. The van der Waals surface area contributed by atoms with Crippen molar-refractivity contribution in [3.05, 3.63) is 65.6 Å². The van der Waals surface area contributed by atoms with Gasteiger partial charge in [0.15, 0.2) is 0 Å². The van der Waals surface area contributed by atoms with Crippen LogP contribution in [0.3, 0.4) is 0 Å². The molecule has 10 heteroatoms. The molecule has 2 aromatic heterocycles. The summed E-state index contributed by atoms with van der Waals surface area (Å²) in [6.07, 6.45) is 7.54. The first-order valence-corrected chi connectivity index (χ1v) is 14.3. The average Bonchev–Trinajstić information content (AvgIpc) is 3.32. The number of rotatable bonds is 8. The van der Waals surface area contributed by atoms with E-state index in [4.69, 9.17) is 9.72 Å². The molecule has 0 aliphatic carbocycles. The number of benzene rings is 1. The summed E-state index contributed by atoms with van der Waals surface area (Å²) >= 11 is 1.46. The van der Waals surface area contributed by atoms with Crippen LogP contribution in [0, 0.1) is 0 Å². The van der Waals surface area contributed by atoms with Gasteiger partial charge in [-0.3, -0.25) is 9.69 Å². The minimum Gasteiger partial charge on any atom is -0.491 e. The minimum absolute atomic E-state index is 0.0663. The molecule has 0 saturated carbocycles. The molecule has 2 atom stereocenters. The van der Waals surface area contributed by atoms with Crippen LogP contribution in [0.15, 0.2) is 48.8 Å². The summed E-state index contributed by atoms with van der Waals surface area (Å²) in [5, 5.41) is 3.32. The number of likely N-dealkylation sites (tertiary alicyclic amines) is 1. The van der Waals surface area contributed by atoms with Crippen LogP contribution < -0.4 is 14.8 Å². The highest BCUT2D eigenvalue weighted by Crippen LogP contribution is 2.31. The third-order valence-corrected chi connectivity index (χ3v) is 7.39. The molecule has 200 valence electrons. The SMILES string of the molecule is CSNc1cc(C(=O)N2CC[C@H](N3Cc4cnc(Nc5cccc(OC(C)C)c5)nc4C3)C[C@H]2C)ccn1. The highest BCUT2D eigenvalue weighted by Gasteiger charge is 2.35. The summed E-state index contributed by atoms with van der Waals surface area (Å²) in [6.45, 7) is 8.54. The highest BCUT2D eigenvalue weighted by molar-refractivity contribution is 7.99. The molecule has 1 saturated heterocycles. The Morgan fingerprint density at radius 3 is 2.84 bits per heavy atom. The molecule has 3 aromatic rings. The fourth-order valence-electron chi connectivity index (χ4n) is 5.22. The van der Waals surface area contributed by atoms with Crippen molar-refractivity contribution in [1.29, 1.82) is 0 Å². The Balaban J connectivity index is 1.19. The van der Waals surface area contributed by atoms with E-state index in [1.54, 1.807) is 12.3 Å². The number of pyridine rings is 1. The number of carbonyl (C=O) groups excluding carboxylic acids is 1. The summed E-state index contributed by atoms with van der Waals surface area (Å²) in [7, 11) is 0. The lowest BCUT2D eigenvalue weighted by molar-refractivity contribution is 0.0460. The van der Waals surface area contributed by atoms with Crippen LogP contribution in [0.5, 0.6) is 5.75 Å². The van der Waals surface area contributed by atoms with Crippen molar-refractivity contribution in [3.8, 4) is 5.75 Å². The zero-order valence-electron chi connectivity index (χ0n) is 22.3. The third-order valence-electron chi connectivity index (χ3n) is 6.98. The van der Waals surface area contributed by atoms with Crippen molar-refractivity contribution in [2.24, 2.45) is 0 Å². The monoisotopic (exact) mass is 533 g/mol. The Morgan fingerprint density at radius 1 is 1.18 bits per heavy atom. The van der Waals surface area contributed by atoms with Gasteiger partial charge < -0.3 is 19.7 Å². The van der Waals surface area contributed by atoms with E-state index < -0.39 is 0 Å². The minimum atomic E-state index is 0.0663. The van der Waals surface area contributed by atoms with E-state index in [9.17, 15) is 4.79 Å². The Kier molecular flexibility index (Phi) is 7.99. The van der Waals surface area contributed by atoms with Gasteiger partial charge in [0.25, 0.3) is 5.91 Å². The average molecular weight is 534 g/mol. The first kappa shape index (κ1) is 26.2. The van der Waals surface area contributed by atoms with Crippen molar-refractivity contribution in [1.82, 2.24) is 24.8 Å². The van der Waals surface area contributed by atoms with Gasteiger partial charge in [-0.15, -0.1) is 0 Å². The largest absolute Gasteiger partial charge is 0.491 e. The Hall–Kier alpha value is -3.37. The summed E-state index contributed by atoms with van der Waals surface area (Å²) in [5.41, 5.74) is 3.81. The number of ether oxygens (including phenoxy) is 1. The Labute approximate surface area is 228 Å². The molecule has 0 radical (unpaired) electrons. The van der Waals surface area contributed by atoms with Gasteiger partial charge in [-0.05, 0) is 57.9 Å². The number of carbonyl (C=O) groups is 1. The second kappa shape index (κ2) is 11.6. The summed E-state index contributed by atoms with van der Waals surface area (Å²) in [5.74, 6) is 2.18. The third kappa shape index (κ3) is 6.02. The first-order chi connectivity index (χ1) is 18.4. The van der Waals surface area contributed by atoms with Gasteiger partial charge in [0, 0.05) is 73.2 Å². The van der Waals surface area contributed by atoms with Crippen molar-refractivity contribution in [2.75, 3.05) is 22.8 Å². The van der Waals surface area contributed by atoms with Gasteiger partial charge in [0.2, 0.25) is 5.95 Å². The predicted octanol–water partition coefficient (Wildman–Crippen LogP) is 5.10. The normalized spacial score (nSPS) is 19.3. The Morgan fingerprint density at radius 2 is 2.05 bits per heavy atom. The van der Waals surface area contributed by atoms with Gasteiger partial charge in [-0.25, -0.2) is 15.0 Å². The van der Waals surface area contributed by atoms with Crippen LogP contribution in [0.2, 0.25) is 0 Å². The van der Waals surface area contributed by atoms with Gasteiger partial charge in [-0.1, -0.05) is 18.0 Å². The Bertz CT molecular complexity index is 1290. The molecule has 0 bridgehead atoms. The maximum absolute atomic E-state index is 13.3. The summed E-state index contributed by atoms with van der Waals surface area (Å²) in [6, 6.07) is 12.0. The fraction of sp³-hybridized carbons (Fsp3) is 0.429. The smallest absolute Gasteiger partial charge is 0.254 e. The highest BCUT2D eigenvalue weighted by atomic mass is 32.2. The van der Waals surface area contributed by atoms with Crippen LogP contribution in [-0.2, 0) is 13.1 Å². The lowest BCUT2D eigenvalue weighted by Gasteiger charge is -2.41. The van der Waals surface area contributed by atoms with Gasteiger partial charge in [0.05, 0.1) is 11.8 Å². The zero-order chi connectivity index (χ0) is 26.6. The molecular formula is C28H35N7O2S. The molecule has 5 rings (SSSR count). The molecule has 4 heterocycles. The van der Waals surface area contributed by atoms with E-state index in [0.29, 0.717) is 23.4 Å². The molecule has 1 aromatic carbocycles. The van der Waals surface area contributed by atoms with E-state index in [-0.39, 0.29) is 18.1 Å².